The predicted molar refractivity (Wildman–Crippen MR) is 73.6 cm³/mol. The van der Waals surface area contributed by atoms with Crippen LogP contribution in [0.5, 0.6) is 0 Å². The fourth-order valence-electron chi connectivity index (χ4n) is 1.73. The highest BCUT2D eigenvalue weighted by molar-refractivity contribution is 6.03. The van der Waals surface area contributed by atoms with E-state index >= 15 is 0 Å². The maximum Gasteiger partial charge on any atom is 0.325 e. The highest BCUT2D eigenvalue weighted by atomic mass is 16.4. The number of hydrogen-bond donors (Lipinski definition) is 2. The van der Waals surface area contributed by atoms with Crippen molar-refractivity contribution in [1.29, 1.82) is 0 Å². The lowest BCUT2D eigenvalue weighted by atomic mass is 10.1. The van der Waals surface area contributed by atoms with Gasteiger partial charge in [0.15, 0.2) is 0 Å². The van der Waals surface area contributed by atoms with Gasteiger partial charge in [0.2, 0.25) is 0 Å². The molecule has 0 fully saturated rings. The molecule has 104 valence electrons. The van der Waals surface area contributed by atoms with Crippen molar-refractivity contribution in [3.63, 3.8) is 0 Å². The van der Waals surface area contributed by atoms with Crippen LogP contribution in [0, 0.1) is 0 Å². The van der Waals surface area contributed by atoms with Crippen molar-refractivity contribution in [1.82, 2.24) is 9.78 Å². The Hall–Kier alpha value is -2.63. The van der Waals surface area contributed by atoms with E-state index in [1.165, 1.54) is 22.6 Å². The van der Waals surface area contributed by atoms with Crippen molar-refractivity contribution in [2.24, 2.45) is 0 Å². The number of nitrogens with one attached hydrogen (secondary N) is 1. The second-order valence-corrected chi connectivity index (χ2v) is 4.32. The third kappa shape index (κ3) is 3.44. The second-order valence-electron chi connectivity index (χ2n) is 4.32. The van der Waals surface area contributed by atoms with E-state index in [0.717, 1.165) is 6.42 Å². The highest BCUT2D eigenvalue weighted by Crippen LogP contribution is 2.11. The van der Waals surface area contributed by atoms with Gasteiger partial charge in [-0.25, -0.2) is 0 Å². The summed E-state index contributed by atoms with van der Waals surface area (Å²) >= 11 is 0. The van der Waals surface area contributed by atoms with Crippen LogP contribution in [-0.2, 0) is 17.8 Å². The molecular weight excluding hydrogens is 258 g/mol. The van der Waals surface area contributed by atoms with Crippen molar-refractivity contribution in [3.8, 4) is 0 Å². The number of carbonyl (C=O) groups excluding carboxylic acids is 1. The zero-order valence-corrected chi connectivity index (χ0v) is 11.0. The van der Waals surface area contributed by atoms with Crippen LogP contribution in [0.2, 0.25) is 0 Å². The fraction of sp³-hybridized carbons (Fsp3) is 0.214. The minimum absolute atomic E-state index is 0.265. The third-order valence-electron chi connectivity index (χ3n) is 2.81. The summed E-state index contributed by atoms with van der Waals surface area (Å²) in [4.78, 5) is 22.5. The summed E-state index contributed by atoms with van der Waals surface area (Å²) in [7, 11) is 0. The molecule has 0 radical (unpaired) electrons. The SMILES string of the molecule is CCc1ccc(NC(=O)c2cnn(CC(=O)O)c2)cc1. The van der Waals surface area contributed by atoms with Gasteiger partial charge in [0.05, 0.1) is 11.8 Å². The number of amides is 1. The van der Waals surface area contributed by atoms with E-state index in [1.807, 2.05) is 24.3 Å². The molecule has 0 atom stereocenters. The molecule has 1 heterocycles. The molecule has 6 nitrogen and oxygen atoms in total. The topological polar surface area (TPSA) is 84.2 Å². The Morgan fingerprint density at radius 3 is 2.60 bits per heavy atom. The van der Waals surface area contributed by atoms with Crippen molar-refractivity contribution in [3.05, 3.63) is 47.8 Å². The van der Waals surface area contributed by atoms with E-state index in [2.05, 4.69) is 17.3 Å². The van der Waals surface area contributed by atoms with Crippen LogP contribution in [0.15, 0.2) is 36.7 Å². The van der Waals surface area contributed by atoms with Gasteiger partial charge >= 0.3 is 5.97 Å². The summed E-state index contributed by atoms with van der Waals surface area (Å²) < 4.78 is 1.21. The summed E-state index contributed by atoms with van der Waals surface area (Å²) in [5, 5.41) is 15.2. The largest absolute Gasteiger partial charge is 0.480 e. The van der Waals surface area contributed by atoms with Crippen molar-refractivity contribution >= 4 is 17.6 Å². The second kappa shape index (κ2) is 6.01. The standard InChI is InChI=1S/C14H15N3O3/c1-2-10-3-5-12(6-4-10)16-14(20)11-7-15-17(8-11)9-13(18)19/h3-8H,2,9H2,1H3,(H,16,20)(H,18,19). The molecular formula is C14H15N3O3. The average molecular weight is 273 g/mol. The van der Waals surface area contributed by atoms with Gasteiger partial charge < -0.3 is 10.4 Å². The van der Waals surface area contributed by atoms with Gasteiger partial charge in [-0.15, -0.1) is 0 Å². The zero-order valence-electron chi connectivity index (χ0n) is 11.0. The Balaban J connectivity index is 2.03. The summed E-state index contributed by atoms with van der Waals surface area (Å²) in [5.74, 6) is -1.32. The van der Waals surface area contributed by atoms with E-state index in [4.69, 9.17) is 5.11 Å². The molecule has 2 N–H and O–H groups in total. The Labute approximate surface area is 116 Å². The van der Waals surface area contributed by atoms with Crippen LogP contribution in [0.1, 0.15) is 22.8 Å². The normalized spacial score (nSPS) is 10.2. The molecule has 0 aliphatic carbocycles. The van der Waals surface area contributed by atoms with Crippen LogP contribution in [0.25, 0.3) is 0 Å². The quantitative estimate of drug-likeness (QED) is 0.869. The van der Waals surface area contributed by atoms with E-state index in [-0.39, 0.29) is 12.5 Å². The number of nitrogens with zero attached hydrogens (tertiary/aromatic N) is 2. The van der Waals surface area contributed by atoms with Gasteiger partial charge in [-0.05, 0) is 24.1 Å². The molecule has 0 saturated carbocycles. The van der Waals surface area contributed by atoms with Crippen LogP contribution in [0.3, 0.4) is 0 Å². The van der Waals surface area contributed by atoms with Crippen molar-refractivity contribution in [2.75, 3.05) is 5.32 Å². The highest BCUT2D eigenvalue weighted by Gasteiger charge is 2.10. The molecule has 0 aliphatic rings. The Morgan fingerprint density at radius 1 is 1.30 bits per heavy atom. The molecule has 1 aromatic carbocycles. The molecule has 0 bridgehead atoms. The Morgan fingerprint density at radius 2 is 2.00 bits per heavy atom. The van der Waals surface area contributed by atoms with Gasteiger partial charge in [0, 0.05) is 11.9 Å². The summed E-state index contributed by atoms with van der Waals surface area (Å²) in [6, 6.07) is 7.56. The lowest BCUT2D eigenvalue weighted by Gasteiger charge is -2.04. The number of carbonyl (C=O) groups is 2. The molecule has 0 saturated heterocycles. The molecule has 2 aromatic rings. The smallest absolute Gasteiger partial charge is 0.325 e. The molecule has 0 spiro atoms. The van der Waals surface area contributed by atoms with Crippen LogP contribution >= 0.6 is 0 Å². The molecule has 2 rings (SSSR count). The number of aromatic nitrogens is 2. The van der Waals surface area contributed by atoms with Crippen molar-refractivity contribution < 1.29 is 14.7 Å². The molecule has 0 aliphatic heterocycles. The van der Waals surface area contributed by atoms with E-state index in [9.17, 15) is 9.59 Å². The van der Waals surface area contributed by atoms with Gasteiger partial charge in [0.25, 0.3) is 5.91 Å². The number of benzene rings is 1. The van der Waals surface area contributed by atoms with E-state index < -0.39 is 5.97 Å². The fourth-order valence-corrected chi connectivity index (χ4v) is 1.73. The predicted octanol–water partition coefficient (Wildman–Crippen LogP) is 1.78. The van der Waals surface area contributed by atoms with Crippen LogP contribution < -0.4 is 5.32 Å². The number of rotatable bonds is 5. The molecule has 6 heteroatoms. The zero-order chi connectivity index (χ0) is 14.5. The first kappa shape index (κ1) is 13.8. The number of hydrogen-bond acceptors (Lipinski definition) is 3. The third-order valence-corrected chi connectivity index (χ3v) is 2.81. The van der Waals surface area contributed by atoms with Crippen LogP contribution in [0.4, 0.5) is 5.69 Å². The first-order valence-electron chi connectivity index (χ1n) is 6.23. The van der Waals surface area contributed by atoms with Gasteiger partial charge in [0.1, 0.15) is 6.54 Å². The Kier molecular flexibility index (Phi) is 4.14. The van der Waals surface area contributed by atoms with Gasteiger partial charge in [-0.1, -0.05) is 19.1 Å². The average Bonchev–Trinajstić information content (AvgIpc) is 2.87. The molecule has 20 heavy (non-hydrogen) atoms. The first-order valence-corrected chi connectivity index (χ1v) is 6.23. The number of aliphatic carboxylic acids is 1. The molecule has 1 amide bonds. The minimum atomic E-state index is -1.00. The maximum atomic E-state index is 12.0. The Bertz CT molecular complexity index is 617. The monoisotopic (exact) mass is 273 g/mol. The summed E-state index contributed by atoms with van der Waals surface area (Å²) in [6.07, 6.45) is 3.69. The lowest BCUT2D eigenvalue weighted by Crippen LogP contribution is -2.12. The van der Waals surface area contributed by atoms with Crippen molar-refractivity contribution in [2.45, 2.75) is 19.9 Å². The summed E-state index contributed by atoms with van der Waals surface area (Å²) in [5.41, 5.74) is 2.21. The van der Waals surface area contributed by atoms with E-state index in [1.54, 1.807) is 0 Å². The first-order chi connectivity index (χ1) is 9.58. The minimum Gasteiger partial charge on any atom is -0.480 e. The lowest BCUT2D eigenvalue weighted by molar-refractivity contribution is -0.137. The number of anilines is 1. The maximum absolute atomic E-state index is 12.0. The number of carboxylic acid groups (broad SMARTS) is 1. The molecule has 1 aromatic heterocycles. The van der Waals surface area contributed by atoms with Crippen LogP contribution in [-0.4, -0.2) is 26.8 Å². The van der Waals surface area contributed by atoms with E-state index in [0.29, 0.717) is 11.3 Å². The van der Waals surface area contributed by atoms with Gasteiger partial charge in [-0.3, -0.25) is 14.3 Å². The molecule has 0 unspecified atom stereocenters. The summed E-state index contributed by atoms with van der Waals surface area (Å²) in [6.45, 7) is 1.79. The van der Waals surface area contributed by atoms with Gasteiger partial charge in [-0.2, -0.15) is 5.10 Å². The number of carboxylic acids is 1. The number of aryl methyl sites for hydroxylation is 1.